The molecule has 16 heavy (non-hydrogen) atoms. The van der Waals surface area contributed by atoms with E-state index in [0.29, 0.717) is 6.42 Å². The molecule has 1 aliphatic heterocycles. The van der Waals surface area contributed by atoms with Gasteiger partial charge in [-0.25, -0.2) is 0 Å². The van der Waals surface area contributed by atoms with Crippen molar-refractivity contribution >= 4 is 5.97 Å². The van der Waals surface area contributed by atoms with Crippen LogP contribution in [0.25, 0.3) is 0 Å². The molecule has 0 aromatic heterocycles. The Morgan fingerprint density at radius 1 is 1.25 bits per heavy atom. The van der Waals surface area contributed by atoms with Crippen molar-refractivity contribution in [1.29, 1.82) is 0 Å². The second kappa shape index (κ2) is 10.9. The molecule has 0 saturated carbocycles. The molecule has 0 aromatic carbocycles. The van der Waals surface area contributed by atoms with E-state index in [9.17, 15) is 4.79 Å². The highest BCUT2D eigenvalue weighted by Gasteiger charge is 2.12. The summed E-state index contributed by atoms with van der Waals surface area (Å²) in [6.45, 7) is 6.34. The highest BCUT2D eigenvalue weighted by Crippen LogP contribution is 2.19. The van der Waals surface area contributed by atoms with Gasteiger partial charge in [-0.2, -0.15) is 0 Å². The first-order valence-corrected chi connectivity index (χ1v) is 6.60. The third-order valence-corrected chi connectivity index (χ3v) is 2.93. The van der Waals surface area contributed by atoms with Crippen LogP contribution >= 0.6 is 0 Å². The zero-order valence-corrected chi connectivity index (χ0v) is 11.1. The Morgan fingerprint density at radius 3 is 2.44 bits per heavy atom. The van der Waals surface area contributed by atoms with Crippen LogP contribution in [-0.4, -0.2) is 26.2 Å². The summed E-state index contributed by atoms with van der Waals surface area (Å²) in [5.74, 6) is 0.809. The van der Waals surface area contributed by atoms with Crippen molar-refractivity contribution in [3.8, 4) is 0 Å². The van der Waals surface area contributed by atoms with Crippen LogP contribution in [0.15, 0.2) is 0 Å². The van der Waals surface area contributed by atoms with Crippen molar-refractivity contribution in [2.24, 2.45) is 5.92 Å². The second-order valence-corrected chi connectivity index (χ2v) is 4.02. The minimum Gasteiger partial charge on any atom is -0.469 e. The molecule has 1 fully saturated rings. The number of unbranched alkanes of at least 4 members (excludes halogenated alkanes) is 1. The number of rotatable bonds is 5. The van der Waals surface area contributed by atoms with E-state index >= 15 is 0 Å². The summed E-state index contributed by atoms with van der Waals surface area (Å²) in [7, 11) is 1.45. The van der Waals surface area contributed by atoms with Gasteiger partial charge in [-0.3, -0.25) is 4.79 Å². The standard InChI is InChI=1S/C11H21NO2.C2H6/c1-14-11(13)5-3-2-4-10-6-8-12-9-7-10;1-2/h10,12H,2-9H2,1H3;1-2H3. The Bertz CT molecular complexity index is 165. The quantitative estimate of drug-likeness (QED) is 0.582. The van der Waals surface area contributed by atoms with Crippen molar-refractivity contribution in [1.82, 2.24) is 5.32 Å². The fraction of sp³-hybridized carbons (Fsp3) is 0.923. The van der Waals surface area contributed by atoms with Crippen LogP contribution in [0.5, 0.6) is 0 Å². The van der Waals surface area contributed by atoms with Crippen molar-refractivity contribution in [2.75, 3.05) is 20.2 Å². The topological polar surface area (TPSA) is 38.3 Å². The number of methoxy groups -OCH3 is 1. The Labute approximate surface area is 99.9 Å². The second-order valence-electron chi connectivity index (χ2n) is 4.02. The van der Waals surface area contributed by atoms with Crippen LogP contribution < -0.4 is 5.32 Å². The molecule has 0 spiro atoms. The molecule has 1 saturated heterocycles. The Hall–Kier alpha value is -0.570. The smallest absolute Gasteiger partial charge is 0.305 e. The predicted molar refractivity (Wildman–Crippen MR) is 67.4 cm³/mol. The highest BCUT2D eigenvalue weighted by molar-refractivity contribution is 5.68. The summed E-state index contributed by atoms with van der Waals surface area (Å²) in [6, 6.07) is 0. The fourth-order valence-corrected chi connectivity index (χ4v) is 1.97. The molecule has 0 amide bonds. The van der Waals surface area contributed by atoms with Gasteiger partial charge in [-0.05, 0) is 38.3 Å². The first-order valence-electron chi connectivity index (χ1n) is 6.60. The van der Waals surface area contributed by atoms with Gasteiger partial charge in [-0.15, -0.1) is 0 Å². The van der Waals surface area contributed by atoms with Crippen molar-refractivity contribution in [2.45, 2.75) is 52.4 Å². The van der Waals surface area contributed by atoms with E-state index in [1.165, 1.54) is 45.9 Å². The molecule has 0 bridgehead atoms. The monoisotopic (exact) mass is 229 g/mol. The lowest BCUT2D eigenvalue weighted by Crippen LogP contribution is -2.27. The maximum absolute atomic E-state index is 10.8. The van der Waals surface area contributed by atoms with Crippen molar-refractivity contribution < 1.29 is 9.53 Å². The molecule has 0 atom stereocenters. The summed E-state index contributed by atoms with van der Waals surface area (Å²) in [5, 5.41) is 3.36. The zero-order chi connectivity index (χ0) is 12.2. The summed E-state index contributed by atoms with van der Waals surface area (Å²) in [5.41, 5.74) is 0. The lowest BCUT2D eigenvalue weighted by molar-refractivity contribution is -0.140. The lowest BCUT2D eigenvalue weighted by Gasteiger charge is -2.22. The van der Waals surface area contributed by atoms with Gasteiger partial charge in [0.05, 0.1) is 7.11 Å². The summed E-state index contributed by atoms with van der Waals surface area (Å²) in [4.78, 5) is 10.8. The number of hydrogen-bond donors (Lipinski definition) is 1. The molecular weight excluding hydrogens is 202 g/mol. The third-order valence-electron chi connectivity index (χ3n) is 2.93. The molecule has 1 heterocycles. The average molecular weight is 229 g/mol. The van der Waals surface area contributed by atoms with Crippen LogP contribution in [0.3, 0.4) is 0 Å². The summed E-state index contributed by atoms with van der Waals surface area (Å²) < 4.78 is 4.59. The van der Waals surface area contributed by atoms with Crippen LogP contribution in [0, 0.1) is 5.92 Å². The van der Waals surface area contributed by atoms with Crippen LogP contribution in [0.4, 0.5) is 0 Å². The maximum Gasteiger partial charge on any atom is 0.305 e. The minimum atomic E-state index is -0.0738. The molecule has 0 aliphatic carbocycles. The zero-order valence-electron chi connectivity index (χ0n) is 11.1. The first kappa shape index (κ1) is 15.4. The number of esters is 1. The van der Waals surface area contributed by atoms with E-state index in [1.54, 1.807) is 0 Å². The molecule has 1 N–H and O–H groups in total. The lowest BCUT2D eigenvalue weighted by atomic mass is 9.92. The van der Waals surface area contributed by atoms with E-state index in [0.717, 1.165) is 12.3 Å². The van der Waals surface area contributed by atoms with Gasteiger partial charge in [0.1, 0.15) is 0 Å². The largest absolute Gasteiger partial charge is 0.469 e. The van der Waals surface area contributed by atoms with Gasteiger partial charge >= 0.3 is 5.97 Å². The fourth-order valence-electron chi connectivity index (χ4n) is 1.97. The van der Waals surface area contributed by atoms with Crippen LogP contribution in [0.1, 0.15) is 52.4 Å². The summed E-state index contributed by atoms with van der Waals surface area (Å²) >= 11 is 0. The van der Waals surface area contributed by atoms with Crippen molar-refractivity contribution in [3.63, 3.8) is 0 Å². The van der Waals surface area contributed by atoms with Crippen LogP contribution in [-0.2, 0) is 9.53 Å². The van der Waals surface area contributed by atoms with E-state index < -0.39 is 0 Å². The third kappa shape index (κ3) is 7.69. The van der Waals surface area contributed by atoms with Gasteiger partial charge in [0, 0.05) is 6.42 Å². The minimum absolute atomic E-state index is 0.0738. The van der Waals surface area contributed by atoms with Gasteiger partial charge < -0.3 is 10.1 Å². The van der Waals surface area contributed by atoms with Crippen LogP contribution in [0.2, 0.25) is 0 Å². The number of carbonyl (C=O) groups is 1. The maximum atomic E-state index is 10.8. The van der Waals surface area contributed by atoms with E-state index in [-0.39, 0.29) is 5.97 Å². The Kier molecular flexibility index (Phi) is 10.5. The number of nitrogens with one attached hydrogen (secondary N) is 1. The molecule has 0 aromatic rings. The normalized spacial score (nSPS) is 16.2. The Morgan fingerprint density at radius 2 is 1.88 bits per heavy atom. The molecule has 1 aliphatic rings. The molecular formula is C13H27NO2. The molecule has 3 nitrogen and oxygen atoms in total. The number of ether oxygens (including phenoxy) is 1. The van der Waals surface area contributed by atoms with E-state index in [1.807, 2.05) is 13.8 Å². The summed E-state index contributed by atoms with van der Waals surface area (Å²) in [6.07, 6.45) is 6.62. The van der Waals surface area contributed by atoms with Crippen molar-refractivity contribution in [3.05, 3.63) is 0 Å². The first-order chi connectivity index (χ1) is 7.83. The number of carbonyl (C=O) groups excluding carboxylic acids is 1. The van der Waals surface area contributed by atoms with E-state index in [2.05, 4.69) is 10.1 Å². The van der Waals surface area contributed by atoms with E-state index in [4.69, 9.17) is 0 Å². The Balaban J connectivity index is 0.00000106. The molecule has 0 radical (unpaired) electrons. The van der Waals surface area contributed by atoms with Gasteiger partial charge in [0.15, 0.2) is 0 Å². The highest BCUT2D eigenvalue weighted by atomic mass is 16.5. The molecule has 96 valence electrons. The van der Waals surface area contributed by atoms with Gasteiger partial charge in [0.25, 0.3) is 0 Å². The molecule has 0 unspecified atom stereocenters. The SMILES string of the molecule is CC.COC(=O)CCCCC1CCNCC1. The number of piperidine rings is 1. The molecule has 1 rings (SSSR count). The predicted octanol–water partition coefficient (Wildman–Crippen LogP) is 2.75. The number of hydrogen-bond acceptors (Lipinski definition) is 3. The van der Waals surface area contributed by atoms with Gasteiger partial charge in [0.2, 0.25) is 0 Å². The van der Waals surface area contributed by atoms with Gasteiger partial charge in [-0.1, -0.05) is 26.7 Å². The average Bonchev–Trinajstić information content (AvgIpc) is 2.38. The molecule has 3 heteroatoms.